The molecule has 1 aliphatic carbocycles. The predicted octanol–water partition coefficient (Wildman–Crippen LogP) is 6.20. The first-order chi connectivity index (χ1) is 37.6. The summed E-state index contributed by atoms with van der Waals surface area (Å²) in [6.45, 7) is 3.26. The lowest BCUT2D eigenvalue weighted by molar-refractivity contribution is -0.221. The van der Waals surface area contributed by atoms with E-state index in [1.165, 1.54) is 17.4 Å². The summed E-state index contributed by atoms with van der Waals surface area (Å²) in [5, 5.41) is 35.6. The van der Waals surface area contributed by atoms with Gasteiger partial charge in [0.1, 0.15) is 29.5 Å². The zero-order valence-electron chi connectivity index (χ0n) is 44.1. The second-order valence-electron chi connectivity index (χ2n) is 21.6. The Balaban J connectivity index is 1.07. The van der Waals surface area contributed by atoms with Gasteiger partial charge in [-0.2, -0.15) is 26.3 Å². The highest BCUT2D eigenvalue weighted by molar-refractivity contribution is 5.87. The van der Waals surface area contributed by atoms with Crippen molar-refractivity contribution in [2.24, 2.45) is 10.8 Å². The molecule has 27 heteroatoms. The van der Waals surface area contributed by atoms with Crippen LogP contribution >= 0.6 is 0 Å². The molecule has 3 aliphatic heterocycles. The molecule has 2 unspecified atom stereocenters. The number of fused-ring (bicyclic) bond motifs is 2. The highest BCUT2D eigenvalue weighted by Gasteiger charge is 2.57. The zero-order valence-corrected chi connectivity index (χ0v) is 44.1. The van der Waals surface area contributed by atoms with E-state index in [1.54, 1.807) is 18.3 Å². The molecule has 2 aromatic heterocycles. The first-order valence-electron chi connectivity index (χ1n) is 25.6. The second kappa shape index (κ2) is 23.5. The fourth-order valence-electron chi connectivity index (χ4n) is 9.85. The van der Waals surface area contributed by atoms with Crippen LogP contribution in [0.1, 0.15) is 87.4 Å². The highest BCUT2D eigenvalue weighted by Crippen LogP contribution is 2.43. The summed E-state index contributed by atoms with van der Waals surface area (Å²) in [7, 11) is 0.834. The van der Waals surface area contributed by atoms with Crippen LogP contribution in [-0.4, -0.2) is 154 Å². The third-order valence-electron chi connectivity index (χ3n) is 15.1. The Labute approximate surface area is 454 Å². The first kappa shape index (κ1) is 59.0. The Kier molecular flexibility index (Phi) is 17.3. The van der Waals surface area contributed by atoms with Crippen LogP contribution in [0.15, 0.2) is 59.1 Å². The average Bonchev–Trinajstić information content (AvgIpc) is 4.09. The number of aliphatic hydroxyl groups excluding tert-OH is 1. The normalized spacial score (nSPS) is 19.5. The van der Waals surface area contributed by atoms with Crippen molar-refractivity contribution in [1.29, 1.82) is 0 Å². The molecule has 1 saturated carbocycles. The van der Waals surface area contributed by atoms with Crippen molar-refractivity contribution in [1.82, 2.24) is 46.5 Å². The van der Waals surface area contributed by atoms with Crippen molar-refractivity contribution in [3.8, 4) is 23.3 Å². The lowest BCUT2D eigenvalue weighted by atomic mass is 9.82. The first-order valence-corrected chi connectivity index (χ1v) is 25.6. The number of aromatic nitrogens is 3. The maximum atomic E-state index is 16.1. The molecule has 6 atom stereocenters. The number of alkyl carbamates (subject to hydrolysis) is 1. The third-order valence-corrected chi connectivity index (χ3v) is 15.1. The SMILES string of the molecule is COC(=O)N[C@H](C(=O)N[C@@H](Cc1ccc(C#Cc2ccc(N3CC4CCC(C3)N4C3COC3)nc2)cc1)[C@@H](O)CN(Cc1c(F)cc(-c2nnc(C3CC3)o2)cc1F)NC(=O)[C@@H](NC(=O)O)C(C)(C)C(F)(F)F)C(C)(C)C(F)(F)F. The minimum absolute atomic E-state index is 0.0263. The van der Waals surface area contributed by atoms with E-state index in [0.29, 0.717) is 67.5 Å². The average molecular weight is 1130 g/mol. The maximum Gasteiger partial charge on any atom is 0.407 e. The summed E-state index contributed by atoms with van der Waals surface area (Å²) >= 11 is 0. The summed E-state index contributed by atoms with van der Waals surface area (Å²) in [4.78, 5) is 61.7. The van der Waals surface area contributed by atoms with E-state index >= 15 is 8.78 Å². The molecule has 4 amide bonds. The van der Waals surface area contributed by atoms with Gasteiger partial charge in [-0.05, 0) is 102 Å². The molecule has 2 bridgehead atoms. The number of hydrogen-bond acceptors (Lipinski definition) is 14. The molecular formula is C53H60F8N10O9. The minimum Gasteiger partial charge on any atom is -0.465 e. The van der Waals surface area contributed by atoms with Crippen LogP contribution in [0.3, 0.4) is 0 Å². The summed E-state index contributed by atoms with van der Waals surface area (Å²) in [6.07, 6.45) is -11.1. The number of carbonyl (C=O) groups excluding carboxylic acids is 3. The van der Waals surface area contributed by atoms with Crippen LogP contribution in [0.2, 0.25) is 0 Å². The molecule has 80 heavy (non-hydrogen) atoms. The van der Waals surface area contributed by atoms with Crippen LogP contribution < -0.4 is 26.3 Å². The molecule has 4 fully saturated rings. The van der Waals surface area contributed by atoms with Crippen molar-refractivity contribution in [3.63, 3.8) is 0 Å². The molecule has 432 valence electrons. The molecule has 19 nitrogen and oxygen atoms in total. The molecule has 6 N–H and O–H groups in total. The monoisotopic (exact) mass is 1130 g/mol. The lowest BCUT2D eigenvalue weighted by Gasteiger charge is -2.47. The topological polar surface area (TPSA) is 237 Å². The summed E-state index contributed by atoms with van der Waals surface area (Å²) in [5.74, 6) is 0.973. The van der Waals surface area contributed by atoms with E-state index in [4.69, 9.17) is 9.15 Å². The number of aliphatic hydroxyl groups is 1. The van der Waals surface area contributed by atoms with Gasteiger partial charge in [-0.3, -0.25) is 19.9 Å². The second-order valence-corrected chi connectivity index (χ2v) is 21.6. The predicted molar refractivity (Wildman–Crippen MR) is 268 cm³/mol. The van der Waals surface area contributed by atoms with E-state index in [0.717, 1.165) is 77.0 Å². The molecule has 4 aliphatic rings. The number of piperazine rings is 1. The molecular weight excluding hydrogens is 1070 g/mol. The Morgan fingerprint density at radius 2 is 1.39 bits per heavy atom. The summed E-state index contributed by atoms with van der Waals surface area (Å²) in [6, 6.07) is 5.95. The number of hydrogen-bond donors (Lipinski definition) is 6. The molecule has 0 radical (unpaired) electrons. The fourth-order valence-corrected chi connectivity index (χ4v) is 9.85. The number of carboxylic acid groups (broad SMARTS) is 1. The highest BCUT2D eigenvalue weighted by atomic mass is 19.4. The Morgan fingerprint density at radius 1 is 0.800 bits per heavy atom. The van der Waals surface area contributed by atoms with Gasteiger partial charge in [-0.15, -0.1) is 10.2 Å². The van der Waals surface area contributed by atoms with Crippen molar-refractivity contribution < 1.29 is 78.4 Å². The van der Waals surface area contributed by atoms with Gasteiger partial charge in [0.05, 0.1) is 49.3 Å². The lowest BCUT2D eigenvalue weighted by Crippen LogP contribution is -2.63. The zero-order chi connectivity index (χ0) is 58.1. The van der Waals surface area contributed by atoms with Crippen LogP contribution in [0.5, 0.6) is 0 Å². The number of nitrogens with zero attached hydrogens (tertiary/aromatic N) is 6. The smallest absolute Gasteiger partial charge is 0.407 e. The number of methoxy groups -OCH3 is 1. The number of hydrazine groups is 1. The largest absolute Gasteiger partial charge is 0.465 e. The number of nitrogens with one attached hydrogen (secondary N) is 4. The number of amides is 4. The van der Waals surface area contributed by atoms with Crippen LogP contribution in [0, 0.1) is 34.3 Å². The van der Waals surface area contributed by atoms with Crippen molar-refractivity contribution in [3.05, 3.63) is 94.5 Å². The number of alkyl halides is 6. The van der Waals surface area contributed by atoms with Gasteiger partial charge >= 0.3 is 24.5 Å². The van der Waals surface area contributed by atoms with Crippen LogP contribution in [0.4, 0.5) is 50.5 Å². The number of benzene rings is 2. The number of ether oxygens (including phenoxy) is 2. The molecule has 2 aromatic carbocycles. The van der Waals surface area contributed by atoms with Crippen molar-refractivity contribution in [2.75, 3.05) is 44.9 Å². The number of carbonyl (C=O) groups is 4. The summed E-state index contributed by atoms with van der Waals surface area (Å²) < 4.78 is 135. The number of anilines is 1. The molecule has 0 spiro atoms. The minimum atomic E-state index is -5.25. The Hall–Kier alpha value is -7.15. The van der Waals surface area contributed by atoms with Gasteiger partial charge < -0.3 is 45.0 Å². The third kappa shape index (κ3) is 13.4. The van der Waals surface area contributed by atoms with E-state index in [2.05, 4.69) is 46.9 Å². The molecule has 3 saturated heterocycles. The van der Waals surface area contributed by atoms with Gasteiger partial charge in [0.15, 0.2) is 0 Å². The number of halogens is 8. The molecule has 8 rings (SSSR count). The number of pyridine rings is 1. The standard InChI is InChI=1S/C53H60F8N10O9/c1-50(2,52(56,57)58)42(65-49(77)78-5)44(73)63-39(18-29-9-6-28(7-10-29)8-11-30-12-17-41(62-21-30)69-22-33-15-16-34(23-69)71(33)35-26-79-27-35)40(72)25-70(68-45(74)43(64-48(75)76)51(3,4)53(59,60)61)24-36-37(54)19-32(20-38(36)55)47-67-66-46(80-47)31-13-14-31/h6-7,9-10,12,17,19-21,31,33-35,39-40,42-43,64,72H,13-16,18,22-27H2,1-5H3,(H,63,73)(H,65,77)(H,68,74)(H,75,76)/t33?,34?,39-,40-,42+,43+/m0/s1. The summed E-state index contributed by atoms with van der Waals surface area (Å²) in [5.41, 5.74) is -3.86. The quantitative estimate of drug-likeness (QED) is 0.0349. The maximum absolute atomic E-state index is 16.1. The van der Waals surface area contributed by atoms with Crippen molar-refractivity contribution >= 4 is 29.8 Å². The van der Waals surface area contributed by atoms with E-state index in [1.807, 2.05) is 22.9 Å². The van der Waals surface area contributed by atoms with Crippen LogP contribution in [0.25, 0.3) is 11.5 Å². The van der Waals surface area contributed by atoms with Crippen molar-refractivity contribution in [2.45, 2.75) is 127 Å². The Morgan fingerprint density at radius 3 is 1.91 bits per heavy atom. The van der Waals surface area contributed by atoms with Crippen LogP contribution in [-0.2, 0) is 32.0 Å². The van der Waals surface area contributed by atoms with E-state index < -0.39 is 108 Å². The van der Waals surface area contributed by atoms with E-state index in [-0.39, 0.29) is 23.3 Å². The molecule has 5 heterocycles. The Bertz CT molecular complexity index is 2920. The van der Waals surface area contributed by atoms with Gasteiger partial charge in [0.25, 0.3) is 5.91 Å². The van der Waals surface area contributed by atoms with Gasteiger partial charge in [-0.1, -0.05) is 24.0 Å². The number of rotatable bonds is 19. The fraction of sp³-hybridized carbons (Fsp3) is 0.528. The van der Waals surface area contributed by atoms with Gasteiger partial charge in [-0.25, -0.2) is 28.4 Å². The van der Waals surface area contributed by atoms with E-state index in [9.17, 15) is 55.7 Å². The van der Waals surface area contributed by atoms with Gasteiger partial charge in [0, 0.05) is 72.6 Å². The molecule has 4 aromatic rings. The van der Waals surface area contributed by atoms with Gasteiger partial charge in [0.2, 0.25) is 17.7 Å².